The second kappa shape index (κ2) is 90.6. The molecule has 0 aliphatic heterocycles. The van der Waals surface area contributed by atoms with E-state index in [0.717, 1.165) is 0 Å². The van der Waals surface area contributed by atoms with Crippen LogP contribution < -0.4 is 0 Å². The van der Waals surface area contributed by atoms with Crippen LogP contribution in [-0.2, 0) is 94.0 Å². The molecule has 0 aromatic carbocycles. The van der Waals surface area contributed by atoms with Gasteiger partial charge in [-0.25, -0.2) is 46.7 Å². The standard InChI is InChI=1S/C23H49N2O4PS.2C22H47N2O4PS.2C21H45N2O4PS/c1-13-27-21(28-14-15-31-22(26)23(10,11)12)16-29-30(24(17(2)3)18(4)5)25(19(6)7)20(8)9;1-12-26-21(27-13-14-30-22(25)16(2)3)15-28-29(23(17(4)5)18(6)7)24(19(8)9)20(10)11;1-12-26-21(15-30-22(25)16(2)3)27-13-14-28-29(23(17(4)5)18(6)7)24(19(8)9)20(10)11;1-11-20(24)29-14-13-26-21(25-12-2)15-27-28(22(16(3)4)17(5)6)23(18(7)8)19(9)10;1-11-20(24)29-15-21(25-12-2)26-13-14-27-28(22(16(3)4)17(5)6)23(18(7)8)19(9)10/h17-21H,13-16H2,1-12H3;2*16-21H,12-15H2,1-11H3;2*16-19,21H,11-15H2,1-10H3. The molecule has 0 bridgehead atoms. The Bertz CT molecular complexity index is 3070. The average molecular weight is 2320 g/mol. The lowest BCUT2D eigenvalue weighted by atomic mass is 10.00. The predicted octanol–water partition coefficient (Wildman–Crippen LogP) is 28.7. The van der Waals surface area contributed by atoms with Crippen LogP contribution in [0.1, 0.15) is 387 Å². The third-order valence-corrected chi connectivity index (χ3v) is 42.0. The first-order valence-electron chi connectivity index (χ1n) is 56.2. The Morgan fingerprint density at radius 2 is 0.396 bits per heavy atom. The summed E-state index contributed by atoms with van der Waals surface area (Å²) >= 11 is 6.51. The van der Waals surface area contributed by atoms with E-state index in [2.05, 4.69) is 324 Å². The van der Waals surface area contributed by atoms with Crippen molar-refractivity contribution in [1.82, 2.24) is 46.7 Å². The van der Waals surface area contributed by atoms with Crippen LogP contribution >= 0.6 is 101 Å². The molecule has 30 nitrogen and oxygen atoms in total. The van der Waals surface area contributed by atoms with Gasteiger partial charge in [-0.2, -0.15) is 0 Å². The van der Waals surface area contributed by atoms with Crippen molar-refractivity contribution >= 4 is 127 Å². The topological polar surface area (TPSA) is 256 Å². The van der Waals surface area contributed by atoms with Gasteiger partial charge in [-0.3, -0.25) is 24.0 Å². The molecule has 5 unspecified atom stereocenters. The first-order chi connectivity index (χ1) is 69.2. The molecule has 0 aromatic rings. The maximum absolute atomic E-state index is 12.1. The maximum Gasteiger partial charge on any atom is 0.194 e. The molecule has 894 valence electrons. The Kier molecular flexibility index (Phi) is 96.5. The summed E-state index contributed by atoms with van der Waals surface area (Å²) in [7, 11) is -4.78. The van der Waals surface area contributed by atoms with Crippen LogP contribution in [0, 0.1) is 17.3 Å². The van der Waals surface area contributed by atoms with E-state index in [1.165, 1.54) is 58.8 Å². The molecule has 0 spiro atoms. The van der Waals surface area contributed by atoms with Crippen molar-refractivity contribution in [3.05, 3.63) is 0 Å². The van der Waals surface area contributed by atoms with Crippen LogP contribution in [0.4, 0.5) is 0 Å². The van der Waals surface area contributed by atoms with Crippen LogP contribution in [0.25, 0.3) is 0 Å². The fourth-order valence-corrected chi connectivity index (χ4v) is 31.2. The molecule has 0 radical (unpaired) electrons. The second-order valence-corrected chi connectivity index (χ2v) is 57.2. The van der Waals surface area contributed by atoms with E-state index in [4.69, 9.17) is 70.0 Å². The van der Waals surface area contributed by atoms with Crippen LogP contribution in [-0.4, -0.2) is 352 Å². The van der Waals surface area contributed by atoms with Crippen LogP contribution in [0.3, 0.4) is 0 Å². The SMILES string of the molecule is CCOC(COP(N(C(C)C)C(C)C)N(C(C)C)C(C)C)OCCSC(=O)C(C)(C)C.CCOC(COP(N(C(C)C)C(C)C)N(C(C)C)C(C)C)OCCSC(=O)C(C)C.CCOC(COP(N(C(C)C)C(C)C)N(C(C)C)C(C)C)OCCSC(=O)CC.CCOC(CSC(=O)C(C)C)OCCOP(N(C(C)C)C(C)C)N(C(C)C)C(C)C.CCOC(CSC(=O)CC)OCCOP(N(C(C)C)C(C)C)N(C(C)C)C(C)C. The van der Waals surface area contributed by atoms with E-state index in [0.29, 0.717) is 262 Å². The Labute approximate surface area is 944 Å². The van der Waals surface area contributed by atoms with Gasteiger partial charge in [-0.05, 0) is 312 Å². The number of nitrogens with zero attached hydrogens (tertiary/aromatic N) is 10. The van der Waals surface area contributed by atoms with Crippen LogP contribution in [0.2, 0.25) is 0 Å². The molecule has 0 aliphatic carbocycles. The van der Waals surface area contributed by atoms with Crippen molar-refractivity contribution in [2.75, 3.05) is 128 Å². The maximum atomic E-state index is 12.1. The van der Waals surface area contributed by atoms with Crippen molar-refractivity contribution in [3.8, 4) is 0 Å². The normalized spacial score (nSPS) is 14.0. The number of hydrogen-bond donors (Lipinski definition) is 0. The summed E-state index contributed by atoms with van der Waals surface area (Å²) < 4.78 is 115. The van der Waals surface area contributed by atoms with E-state index in [-0.39, 0.29) is 49.1 Å². The zero-order valence-electron chi connectivity index (χ0n) is 105. The number of hydrogen-bond acceptors (Lipinski definition) is 35. The summed E-state index contributed by atoms with van der Waals surface area (Å²) in [4.78, 5) is 58.8. The predicted molar refractivity (Wildman–Crippen MR) is 649 cm³/mol. The highest BCUT2D eigenvalue weighted by atomic mass is 32.2. The highest BCUT2D eigenvalue weighted by Crippen LogP contribution is 2.56. The molecule has 5 atom stereocenters. The molecular weight excluding hydrogens is 2080 g/mol. The van der Waals surface area contributed by atoms with Crippen LogP contribution in [0.5, 0.6) is 0 Å². The summed E-state index contributed by atoms with van der Waals surface area (Å²) in [6.07, 6.45) is -1.00. The molecule has 0 aromatic heterocycles. The lowest BCUT2D eigenvalue weighted by molar-refractivity contribution is -0.152. The Balaban J connectivity index is -0.000000580. The molecule has 0 aliphatic rings. The van der Waals surface area contributed by atoms with Gasteiger partial charge in [0.1, 0.15) is 19.8 Å². The zero-order valence-corrected chi connectivity index (χ0v) is 114. The molecule has 0 saturated heterocycles. The van der Waals surface area contributed by atoms with E-state index >= 15 is 0 Å². The molecular formula is C109H233N10O20P5S5. The van der Waals surface area contributed by atoms with E-state index in [1.807, 2.05) is 96.9 Å². The van der Waals surface area contributed by atoms with Gasteiger partial charge in [-0.1, -0.05) is 121 Å². The van der Waals surface area contributed by atoms with Gasteiger partial charge in [0, 0.05) is 201 Å². The highest BCUT2D eigenvalue weighted by Gasteiger charge is 2.42. The minimum absolute atomic E-state index is 0.0141. The minimum atomic E-state index is -0.986. The third kappa shape index (κ3) is 70.5. The first kappa shape index (κ1) is 159. The summed E-state index contributed by atoms with van der Waals surface area (Å²) in [6, 6.07) is 7.40. The zero-order chi connectivity index (χ0) is 116. The van der Waals surface area contributed by atoms with Gasteiger partial charge in [0.15, 0.2) is 99.3 Å². The average Bonchev–Trinajstić information content (AvgIpc) is 0.825. The smallest absolute Gasteiger partial charge is 0.194 e. The van der Waals surface area contributed by atoms with Gasteiger partial charge in [-0.15, -0.1) is 0 Å². The highest BCUT2D eigenvalue weighted by molar-refractivity contribution is 8.14. The molecule has 149 heavy (non-hydrogen) atoms. The van der Waals surface area contributed by atoms with Crippen molar-refractivity contribution in [2.45, 2.75) is 539 Å². The van der Waals surface area contributed by atoms with Crippen molar-refractivity contribution in [1.29, 1.82) is 0 Å². The number of carbonyl (C=O) groups is 5. The summed E-state index contributed by atoms with van der Waals surface area (Å²) in [6.45, 7) is 123. The van der Waals surface area contributed by atoms with E-state index < -0.39 is 67.4 Å². The molecule has 0 amide bonds. The molecule has 0 rings (SSSR count). The van der Waals surface area contributed by atoms with Gasteiger partial charge < -0.3 is 70.0 Å². The lowest BCUT2D eigenvalue weighted by Gasteiger charge is -2.45. The van der Waals surface area contributed by atoms with Gasteiger partial charge in [0.25, 0.3) is 0 Å². The van der Waals surface area contributed by atoms with Crippen molar-refractivity contribution in [3.63, 3.8) is 0 Å². The second-order valence-electron chi connectivity index (χ2n) is 43.4. The molecule has 0 heterocycles. The summed E-state index contributed by atoms with van der Waals surface area (Å²) in [5.74, 6) is 2.96. The Hall–Kier alpha value is 1.25. The monoisotopic (exact) mass is 2320 g/mol. The van der Waals surface area contributed by atoms with Crippen molar-refractivity contribution in [2.24, 2.45) is 17.3 Å². The van der Waals surface area contributed by atoms with Gasteiger partial charge >= 0.3 is 0 Å². The van der Waals surface area contributed by atoms with Gasteiger partial charge in [0.05, 0.1) is 57.8 Å². The molecule has 0 N–H and O–H groups in total. The van der Waals surface area contributed by atoms with Crippen LogP contribution in [0.15, 0.2) is 0 Å². The van der Waals surface area contributed by atoms with Gasteiger partial charge in [0.2, 0.25) is 0 Å². The summed E-state index contributed by atoms with van der Waals surface area (Å²) in [5.41, 5.74) is -0.336. The quantitative estimate of drug-likeness (QED) is 0.0311. The first-order valence-corrected chi connectivity index (χ1v) is 66.9. The Morgan fingerprint density at radius 1 is 0.215 bits per heavy atom. The van der Waals surface area contributed by atoms with E-state index in [9.17, 15) is 24.0 Å². The largest absolute Gasteiger partial charge is 0.352 e. The number of carbonyl (C=O) groups excluding carboxylic acids is 5. The number of thioether (sulfide) groups is 5. The fraction of sp³-hybridized carbons (Fsp3) is 0.954. The molecule has 40 heteroatoms. The van der Waals surface area contributed by atoms with Crippen molar-refractivity contribution < 1.29 is 94.0 Å². The minimum Gasteiger partial charge on any atom is -0.352 e. The molecule has 0 fully saturated rings. The summed E-state index contributed by atoms with van der Waals surface area (Å²) in [5, 5.41) is 0.887. The molecule has 0 saturated carbocycles. The number of rotatable bonds is 79. The fourth-order valence-electron chi connectivity index (χ4n) is 15.8. The Morgan fingerprint density at radius 3 is 0.597 bits per heavy atom. The van der Waals surface area contributed by atoms with E-state index in [1.54, 1.807) is 0 Å². The lowest BCUT2D eigenvalue weighted by Crippen LogP contribution is -2.44. The number of ether oxygens (including phenoxy) is 10. The third-order valence-electron chi connectivity index (χ3n) is 21.3.